The lowest BCUT2D eigenvalue weighted by molar-refractivity contribution is -0.284. The van der Waals surface area contributed by atoms with E-state index in [9.17, 15) is 25.5 Å². The van der Waals surface area contributed by atoms with E-state index in [1.54, 1.807) is 24.3 Å². The SMILES string of the molecule is CCOc1ccc(C2C(O)[C@H](O)[C@@]2(O)[C@H](O)[C@H](O)CO)cc1. The molecule has 0 amide bonds. The molecular weight excluding hydrogens is 292 g/mol. The molecule has 7 nitrogen and oxygen atoms in total. The molecule has 0 spiro atoms. The van der Waals surface area contributed by atoms with Gasteiger partial charge in [-0.15, -0.1) is 0 Å². The largest absolute Gasteiger partial charge is 0.494 e. The fourth-order valence-corrected chi connectivity index (χ4v) is 2.96. The normalized spacial score (nSPS) is 33.9. The van der Waals surface area contributed by atoms with Crippen molar-refractivity contribution in [3.8, 4) is 5.75 Å². The van der Waals surface area contributed by atoms with Crippen LogP contribution in [0.2, 0.25) is 0 Å². The summed E-state index contributed by atoms with van der Waals surface area (Å²) in [5.41, 5.74) is -1.66. The van der Waals surface area contributed by atoms with Crippen molar-refractivity contribution in [1.29, 1.82) is 0 Å². The van der Waals surface area contributed by atoms with Gasteiger partial charge >= 0.3 is 0 Å². The molecule has 1 fully saturated rings. The van der Waals surface area contributed by atoms with E-state index in [-0.39, 0.29) is 0 Å². The van der Waals surface area contributed by atoms with Crippen LogP contribution in [0.4, 0.5) is 0 Å². The van der Waals surface area contributed by atoms with Crippen molar-refractivity contribution in [1.82, 2.24) is 0 Å². The van der Waals surface area contributed by atoms with Crippen molar-refractivity contribution in [3.05, 3.63) is 29.8 Å². The van der Waals surface area contributed by atoms with Gasteiger partial charge in [-0.05, 0) is 24.6 Å². The fourth-order valence-electron chi connectivity index (χ4n) is 2.96. The Morgan fingerprint density at radius 3 is 2.27 bits per heavy atom. The van der Waals surface area contributed by atoms with E-state index in [1.807, 2.05) is 6.92 Å². The highest BCUT2D eigenvalue weighted by molar-refractivity contribution is 5.37. The second-order valence-electron chi connectivity index (χ2n) is 5.50. The van der Waals surface area contributed by atoms with E-state index in [0.29, 0.717) is 17.9 Å². The summed E-state index contributed by atoms with van der Waals surface area (Å²) in [5.74, 6) is -0.380. The molecule has 0 aliphatic heterocycles. The van der Waals surface area contributed by atoms with Gasteiger partial charge in [0, 0.05) is 5.92 Å². The van der Waals surface area contributed by atoms with Gasteiger partial charge in [0.05, 0.1) is 19.3 Å². The first-order chi connectivity index (χ1) is 10.4. The molecule has 0 saturated heterocycles. The summed E-state index contributed by atoms with van der Waals surface area (Å²) in [6.07, 6.45) is -6.34. The molecule has 1 aliphatic carbocycles. The van der Waals surface area contributed by atoms with Gasteiger partial charge in [0.1, 0.15) is 29.7 Å². The first-order valence-electron chi connectivity index (χ1n) is 7.16. The lowest BCUT2D eigenvalue weighted by Gasteiger charge is -2.56. The Labute approximate surface area is 128 Å². The smallest absolute Gasteiger partial charge is 0.131 e. The van der Waals surface area contributed by atoms with Crippen LogP contribution in [0.15, 0.2) is 24.3 Å². The Morgan fingerprint density at radius 2 is 1.77 bits per heavy atom. The summed E-state index contributed by atoms with van der Waals surface area (Å²) < 4.78 is 5.30. The monoisotopic (exact) mass is 314 g/mol. The average Bonchev–Trinajstić information content (AvgIpc) is 2.54. The number of aliphatic hydroxyl groups excluding tert-OH is 5. The third-order valence-electron chi connectivity index (χ3n) is 4.21. The van der Waals surface area contributed by atoms with Crippen LogP contribution >= 0.6 is 0 Å². The van der Waals surface area contributed by atoms with E-state index < -0.39 is 42.5 Å². The zero-order valence-electron chi connectivity index (χ0n) is 12.2. The first-order valence-corrected chi connectivity index (χ1v) is 7.16. The van der Waals surface area contributed by atoms with Crippen LogP contribution in [0, 0.1) is 0 Å². The highest BCUT2D eigenvalue weighted by Gasteiger charge is 2.66. The summed E-state index contributed by atoms with van der Waals surface area (Å²) in [5, 5.41) is 58.8. The predicted octanol–water partition coefficient (Wildman–Crippen LogP) is -1.65. The fraction of sp³-hybridized carbons (Fsp3) is 0.600. The standard InChI is InChI=1S/C15H22O7/c1-2-22-9-5-3-8(4-6-9)11-12(18)14(20)15(11,21)13(19)10(17)7-16/h3-6,10-14,16-21H,2,7H2,1H3/t10-,11?,12?,13-,14+,15+/m1/s1. The van der Waals surface area contributed by atoms with E-state index in [4.69, 9.17) is 9.84 Å². The Hall–Kier alpha value is -1.22. The summed E-state index contributed by atoms with van der Waals surface area (Å²) in [6.45, 7) is 1.56. The molecule has 1 aromatic carbocycles. The summed E-state index contributed by atoms with van der Waals surface area (Å²) in [4.78, 5) is 0. The topological polar surface area (TPSA) is 131 Å². The predicted molar refractivity (Wildman–Crippen MR) is 76.4 cm³/mol. The quantitative estimate of drug-likeness (QED) is 0.371. The molecule has 6 atom stereocenters. The zero-order valence-corrected chi connectivity index (χ0v) is 12.2. The number of ether oxygens (including phenoxy) is 1. The van der Waals surface area contributed by atoms with Crippen LogP contribution in [-0.2, 0) is 0 Å². The minimum absolute atomic E-state index is 0.480. The van der Waals surface area contributed by atoms with E-state index >= 15 is 0 Å². The zero-order chi connectivity index (χ0) is 16.5. The Kier molecular flexibility index (Phi) is 5.06. The molecule has 2 rings (SSSR count). The Balaban J connectivity index is 2.27. The molecule has 7 heteroatoms. The van der Waals surface area contributed by atoms with Crippen LogP contribution in [0.3, 0.4) is 0 Å². The summed E-state index contributed by atoms with van der Waals surface area (Å²) in [6, 6.07) is 6.50. The van der Waals surface area contributed by atoms with E-state index in [0.717, 1.165) is 0 Å². The van der Waals surface area contributed by atoms with E-state index in [2.05, 4.69) is 0 Å². The van der Waals surface area contributed by atoms with Crippen LogP contribution in [0.1, 0.15) is 18.4 Å². The van der Waals surface area contributed by atoms with Crippen LogP contribution in [0.5, 0.6) is 5.75 Å². The van der Waals surface area contributed by atoms with Crippen LogP contribution in [-0.4, -0.2) is 73.9 Å². The minimum Gasteiger partial charge on any atom is -0.494 e. The highest BCUT2D eigenvalue weighted by Crippen LogP contribution is 2.49. The molecule has 0 aromatic heterocycles. The maximum absolute atomic E-state index is 10.5. The molecule has 2 unspecified atom stereocenters. The van der Waals surface area contributed by atoms with Gasteiger partial charge in [0.25, 0.3) is 0 Å². The van der Waals surface area contributed by atoms with Crippen molar-refractivity contribution < 1.29 is 35.4 Å². The molecule has 6 N–H and O–H groups in total. The minimum atomic E-state index is -2.14. The number of benzene rings is 1. The van der Waals surface area contributed by atoms with Gasteiger partial charge in [-0.2, -0.15) is 0 Å². The van der Waals surface area contributed by atoms with Crippen molar-refractivity contribution >= 4 is 0 Å². The molecule has 22 heavy (non-hydrogen) atoms. The summed E-state index contributed by atoms with van der Waals surface area (Å²) in [7, 11) is 0. The lowest BCUT2D eigenvalue weighted by Crippen LogP contribution is -2.75. The van der Waals surface area contributed by atoms with Crippen molar-refractivity contribution in [2.45, 2.75) is 42.9 Å². The third kappa shape index (κ3) is 2.60. The summed E-state index contributed by atoms with van der Waals surface area (Å²) >= 11 is 0. The molecular formula is C15H22O7. The number of hydrogen-bond donors (Lipinski definition) is 6. The van der Waals surface area contributed by atoms with Gasteiger partial charge in [0.15, 0.2) is 0 Å². The number of hydrogen-bond acceptors (Lipinski definition) is 7. The van der Waals surface area contributed by atoms with E-state index in [1.165, 1.54) is 0 Å². The van der Waals surface area contributed by atoms with Gasteiger partial charge in [-0.3, -0.25) is 0 Å². The van der Waals surface area contributed by atoms with Crippen LogP contribution in [0.25, 0.3) is 0 Å². The molecule has 1 saturated carbocycles. The van der Waals surface area contributed by atoms with Gasteiger partial charge in [0.2, 0.25) is 0 Å². The van der Waals surface area contributed by atoms with Crippen LogP contribution < -0.4 is 4.74 Å². The number of aliphatic hydroxyl groups is 6. The van der Waals surface area contributed by atoms with Crippen molar-refractivity contribution in [2.75, 3.05) is 13.2 Å². The molecule has 124 valence electrons. The highest BCUT2D eigenvalue weighted by atomic mass is 16.5. The molecule has 1 aromatic rings. The maximum Gasteiger partial charge on any atom is 0.131 e. The van der Waals surface area contributed by atoms with Gasteiger partial charge < -0.3 is 35.4 Å². The lowest BCUT2D eigenvalue weighted by atomic mass is 9.58. The molecule has 0 bridgehead atoms. The second kappa shape index (κ2) is 6.49. The molecule has 0 radical (unpaired) electrons. The number of rotatable bonds is 6. The average molecular weight is 314 g/mol. The van der Waals surface area contributed by atoms with Gasteiger partial charge in [-0.1, -0.05) is 12.1 Å². The van der Waals surface area contributed by atoms with Gasteiger partial charge in [-0.25, -0.2) is 0 Å². The Bertz CT molecular complexity index is 491. The van der Waals surface area contributed by atoms with Crippen molar-refractivity contribution in [3.63, 3.8) is 0 Å². The molecule has 1 aliphatic rings. The van der Waals surface area contributed by atoms with Crippen molar-refractivity contribution in [2.24, 2.45) is 0 Å². The maximum atomic E-state index is 10.5. The second-order valence-corrected chi connectivity index (χ2v) is 5.50. The first kappa shape index (κ1) is 17.1. The molecule has 0 heterocycles. The Morgan fingerprint density at radius 1 is 1.18 bits per heavy atom. The third-order valence-corrected chi connectivity index (χ3v) is 4.21.